The lowest BCUT2D eigenvalue weighted by atomic mass is 9.80. The topological polar surface area (TPSA) is 81.7 Å². The van der Waals surface area contributed by atoms with Gasteiger partial charge in [0.05, 0.1) is 22.7 Å². The van der Waals surface area contributed by atoms with Crippen LogP contribution in [0.15, 0.2) is 30.3 Å². The molecule has 0 spiro atoms. The summed E-state index contributed by atoms with van der Waals surface area (Å²) in [4.78, 5) is 36.7. The van der Waals surface area contributed by atoms with Crippen LogP contribution in [0.3, 0.4) is 0 Å². The zero-order chi connectivity index (χ0) is 18.4. The summed E-state index contributed by atoms with van der Waals surface area (Å²) in [5, 5.41) is 2.81. The van der Waals surface area contributed by atoms with Gasteiger partial charge in [0.2, 0.25) is 0 Å². The number of halogens is 1. The molecule has 3 fully saturated rings. The molecule has 0 unspecified atom stereocenters. The number of rotatable bonds is 5. The Kier molecular flexibility index (Phi) is 4.50. The molecule has 3 aliphatic rings. The average Bonchev–Trinajstić information content (AvgIpc) is 3.24. The van der Waals surface area contributed by atoms with E-state index < -0.39 is 17.8 Å². The van der Waals surface area contributed by atoms with Gasteiger partial charge in [-0.05, 0) is 24.8 Å². The number of nitrogens with one attached hydrogen (secondary N) is 1. The van der Waals surface area contributed by atoms with E-state index in [2.05, 4.69) is 21.2 Å². The summed E-state index contributed by atoms with van der Waals surface area (Å²) < 4.78 is 10.6. The van der Waals surface area contributed by atoms with Crippen LogP contribution >= 0.6 is 15.9 Å². The lowest BCUT2D eigenvalue weighted by Crippen LogP contribution is -2.40. The first kappa shape index (κ1) is 17.5. The zero-order valence-corrected chi connectivity index (χ0v) is 15.8. The maximum atomic E-state index is 12.5. The van der Waals surface area contributed by atoms with Gasteiger partial charge in [-0.2, -0.15) is 0 Å². The second-order valence-electron chi connectivity index (χ2n) is 7.27. The third kappa shape index (κ3) is 2.82. The number of carbonyl (C=O) groups excluding carboxylic acids is 3. The summed E-state index contributed by atoms with van der Waals surface area (Å²) >= 11 is 3.56. The van der Waals surface area contributed by atoms with E-state index >= 15 is 0 Å². The highest BCUT2D eigenvalue weighted by atomic mass is 79.9. The van der Waals surface area contributed by atoms with Gasteiger partial charge in [-0.15, -0.1) is 0 Å². The molecule has 7 heteroatoms. The van der Waals surface area contributed by atoms with Gasteiger partial charge in [-0.25, -0.2) is 0 Å². The van der Waals surface area contributed by atoms with E-state index in [0.29, 0.717) is 0 Å². The van der Waals surface area contributed by atoms with E-state index in [9.17, 15) is 14.4 Å². The van der Waals surface area contributed by atoms with Crippen LogP contribution in [-0.4, -0.2) is 35.4 Å². The van der Waals surface area contributed by atoms with Crippen LogP contribution in [0.5, 0.6) is 0 Å². The summed E-state index contributed by atoms with van der Waals surface area (Å²) in [5.74, 6) is -1.98. The van der Waals surface area contributed by atoms with Crippen LogP contribution in [0.1, 0.15) is 24.9 Å². The Labute approximate surface area is 159 Å². The number of hydrogen-bond acceptors (Lipinski definition) is 5. The smallest absolute Gasteiger partial charge is 0.310 e. The van der Waals surface area contributed by atoms with Gasteiger partial charge in [0, 0.05) is 5.92 Å². The maximum absolute atomic E-state index is 12.5. The fraction of sp³-hybridized carbons (Fsp3) is 0.526. The number of alkyl halides is 1. The van der Waals surface area contributed by atoms with Gasteiger partial charge in [0.15, 0.2) is 6.61 Å². The number of esters is 2. The second-order valence-corrected chi connectivity index (χ2v) is 8.33. The third-order valence-corrected chi connectivity index (χ3v) is 7.02. The summed E-state index contributed by atoms with van der Waals surface area (Å²) in [6.07, 6.45) is 0.658. The predicted octanol–water partition coefficient (Wildman–Crippen LogP) is 1.98. The molecule has 1 N–H and O–H groups in total. The molecule has 0 radical (unpaired) electrons. The molecule has 2 saturated carbocycles. The van der Waals surface area contributed by atoms with Gasteiger partial charge in [-0.3, -0.25) is 14.4 Å². The van der Waals surface area contributed by atoms with Crippen molar-refractivity contribution in [2.75, 3.05) is 6.61 Å². The Bertz CT molecular complexity index is 739. The summed E-state index contributed by atoms with van der Waals surface area (Å²) in [5.41, 5.74) is 0.974. The molecule has 1 heterocycles. The molecule has 2 bridgehead atoms. The Hall–Kier alpha value is -1.89. The highest BCUT2D eigenvalue weighted by Gasteiger charge is 2.68. The second kappa shape index (κ2) is 6.68. The van der Waals surface area contributed by atoms with Crippen molar-refractivity contribution in [2.45, 2.75) is 30.3 Å². The van der Waals surface area contributed by atoms with Gasteiger partial charge in [0.1, 0.15) is 6.10 Å². The van der Waals surface area contributed by atoms with Crippen molar-refractivity contribution in [3.8, 4) is 0 Å². The van der Waals surface area contributed by atoms with Crippen LogP contribution in [0.2, 0.25) is 0 Å². The fourth-order valence-electron chi connectivity index (χ4n) is 4.64. The number of amides is 1. The van der Waals surface area contributed by atoms with E-state index in [1.807, 2.05) is 37.3 Å². The minimum absolute atomic E-state index is 0.0142. The molecule has 1 aromatic rings. The normalized spacial score (nSPS) is 35.1. The largest absolute Gasteiger partial charge is 0.461 e. The summed E-state index contributed by atoms with van der Waals surface area (Å²) in [6.45, 7) is 1.52. The highest BCUT2D eigenvalue weighted by Crippen LogP contribution is 2.60. The molecule has 1 saturated heterocycles. The van der Waals surface area contributed by atoms with Gasteiger partial charge in [0.25, 0.3) is 5.91 Å². The molecular weight excluding hydrogens is 402 g/mol. The summed E-state index contributed by atoms with van der Waals surface area (Å²) in [6, 6.07) is 9.37. The van der Waals surface area contributed by atoms with Gasteiger partial charge >= 0.3 is 11.9 Å². The number of hydrogen-bond donors (Lipinski definition) is 1. The molecule has 1 aliphatic heterocycles. The van der Waals surface area contributed by atoms with E-state index in [-0.39, 0.29) is 47.3 Å². The van der Waals surface area contributed by atoms with Crippen molar-refractivity contribution in [3.05, 3.63) is 35.9 Å². The van der Waals surface area contributed by atoms with Crippen molar-refractivity contribution in [1.82, 2.24) is 5.32 Å². The fourth-order valence-corrected chi connectivity index (χ4v) is 5.68. The highest BCUT2D eigenvalue weighted by molar-refractivity contribution is 9.09. The van der Waals surface area contributed by atoms with Crippen molar-refractivity contribution in [2.24, 2.45) is 23.7 Å². The molecule has 1 amide bonds. The van der Waals surface area contributed by atoms with Gasteiger partial charge < -0.3 is 14.8 Å². The Morgan fingerprint density at radius 2 is 2.04 bits per heavy atom. The maximum Gasteiger partial charge on any atom is 0.310 e. The Morgan fingerprint density at radius 1 is 1.31 bits per heavy atom. The Morgan fingerprint density at radius 3 is 2.77 bits per heavy atom. The number of carbonyl (C=O) groups is 3. The molecule has 0 aromatic heterocycles. The first-order chi connectivity index (χ1) is 12.5. The summed E-state index contributed by atoms with van der Waals surface area (Å²) in [7, 11) is 0. The molecule has 2 aliphatic carbocycles. The minimum atomic E-state index is -0.519. The third-order valence-electron chi connectivity index (χ3n) is 5.82. The van der Waals surface area contributed by atoms with E-state index in [0.717, 1.165) is 12.0 Å². The molecule has 26 heavy (non-hydrogen) atoms. The molecule has 138 valence electrons. The first-order valence-corrected chi connectivity index (χ1v) is 9.74. The van der Waals surface area contributed by atoms with Crippen molar-refractivity contribution >= 4 is 33.8 Å². The van der Waals surface area contributed by atoms with Gasteiger partial charge in [-0.1, -0.05) is 46.3 Å². The standard InChI is InChI=1S/C19H20BrNO5/c1-9(10-5-3-2-4-6-10)21-13(22)8-25-18(23)14-11-7-12-15(14)19(24)26-17(12)16(11)20/h2-6,9,11-12,14-17H,7-8H2,1H3,(H,21,22)/t9-,11+,12+,14+,15+,16-,17-/m0/s1. The lowest BCUT2D eigenvalue weighted by molar-refractivity contribution is -0.158. The molecule has 7 atom stereocenters. The molecule has 4 rings (SSSR count). The lowest BCUT2D eigenvalue weighted by Gasteiger charge is -2.26. The molecular formula is C19H20BrNO5. The van der Waals surface area contributed by atoms with E-state index in [1.165, 1.54) is 0 Å². The van der Waals surface area contributed by atoms with Crippen molar-refractivity contribution in [1.29, 1.82) is 0 Å². The average molecular weight is 422 g/mol. The minimum Gasteiger partial charge on any atom is -0.461 e. The number of fused-ring (bicyclic) bond motifs is 1. The molecule has 6 nitrogen and oxygen atoms in total. The van der Waals surface area contributed by atoms with E-state index in [4.69, 9.17) is 9.47 Å². The van der Waals surface area contributed by atoms with Crippen LogP contribution in [0, 0.1) is 23.7 Å². The number of ether oxygens (including phenoxy) is 2. The quantitative estimate of drug-likeness (QED) is 0.580. The van der Waals surface area contributed by atoms with Crippen LogP contribution in [0.4, 0.5) is 0 Å². The van der Waals surface area contributed by atoms with E-state index in [1.54, 1.807) is 0 Å². The monoisotopic (exact) mass is 421 g/mol. The number of benzene rings is 1. The Balaban J connectivity index is 1.33. The van der Waals surface area contributed by atoms with Crippen molar-refractivity contribution in [3.63, 3.8) is 0 Å². The van der Waals surface area contributed by atoms with Crippen LogP contribution < -0.4 is 5.32 Å². The predicted molar refractivity (Wildman–Crippen MR) is 95.1 cm³/mol. The molecule has 1 aromatic carbocycles. The van der Waals surface area contributed by atoms with Crippen molar-refractivity contribution < 1.29 is 23.9 Å². The van der Waals surface area contributed by atoms with Crippen LogP contribution in [0.25, 0.3) is 0 Å². The zero-order valence-electron chi connectivity index (χ0n) is 14.3. The van der Waals surface area contributed by atoms with Crippen LogP contribution in [-0.2, 0) is 23.9 Å². The SMILES string of the molecule is C[C@H](NC(=O)COC(=O)[C@@H]1[C@H]2C[C@H]3[C@H](OC(=O)[C@H]31)[C@H]2Br)c1ccccc1. The first-order valence-electron chi connectivity index (χ1n) is 8.83.